The van der Waals surface area contributed by atoms with Gasteiger partial charge in [-0.15, -0.1) is 0 Å². The Kier molecular flexibility index (Phi) is 17.1. The van der Waals surface area contributed by atoms with Gasteiger partial charge in [-0.05, 0) is 65.9 Å². The minimum Gasteiger partial charge on any atom is -0.489 e. The Bertz CT molecular complexity index is 1750. The molecular weight excluding hydrogens is 670 g/mol. The van der Waals surface area contributed by atoms with Gasteiger partial charge in [-0.2, -0.15) is 0 Å². The number of hydrogen-bond donors (Lipinski definition) is 3. The number of carbonyl (C=O) groups excluding carboxylic acids is 1. The van der Waals surface area contributed by atoms with Crippen molar-refractivity contribution in [3.63, 3.8) is 0 Å². The number of carboxylic acids is 1. The highest BCUT2D eigenvalue weighted by Gasteiger charge is 2.23. The quantitative estimate of drug-likeness (QED) is 0.0810. The maximum atomic E-state index is 12.8. The zero-order chi connectivity index (χ0) is 37.7. The van der Waals surface area contributed by atoms with Gasteiger partial charge in [0, 0.05) is 26.1 Å². The molecule has 9 heteroatoms. The first kappa shape index (κ1) is 40.3. The summed E-state index contributed by atoms with van der Waals surface area (Å²) in [5, 5.41) is 21.7. The van der Waals surface area contributed by atoms with Gasteiger partial charge in [0.25, 0.3) is 0 Å². The third-order valence-electron chi connectivity index (χ3n) is 8.19. The molecule has 3 N–H and O–H groups in total. The van der Waals surface area contributed by atoms with Crippen LogP contribution in [0.3, 0.4) is 0 Å². The molecule has 53 heavy (non-hydrogen) atoms. The second kappa shape index (κ2) is 22.5. The molecule has 9 nitrogen and oxygen atoms in total. The maximum absolute atomic E-state index is 12.8. The largest absolute Gasteiger partial charge is 0.489 e. The molecule has 0 heterocycles. The van der Waals surface area contributed by atoms with Crippen LogP contribution < -0.4 is 14.8 Å². The van der Waals surface area contributed by atoms with E-state index in [4.69, 9.17) is 24.1 Å². The van der Waals surface area contributed by atoms with Gasteiger partial charge in [-0.3, -0.25) is 4.79 Å². The van der Waals surface area contributed by atoms with Crippen molar-refractivity contribution in [3.05, 3.63) is 167 Å². The van der Waals surface area contributed by atoms with Crippen LogP contribution in [-0.2, 0) is 45.1 Å². The van der Waals surface area contributed by atoms with Crippen LogP contribution in [0.1, 0.15) is 47.7 Å². The van der Waals surface area contributed by atoms with E-state index >= 15 is 0 Å². The van der Waals surface area contributed by atoms with E-state index < -0.39 is 24.2 Å². The molecule has 5 aromatic carbocycles. The fourth-order valence-electron chi connectivity index (χ4n) is 5.39. The summed E-state index contributed by atoms with van der Waals surface area (Å²) >= 11 is 0. The van der Waals surface area contributed by atoms with Gasteiger partial charge >= 0.3 is 5.97 Å². The predicted octanol–water partition coefficient (Wildman–Crippen LogP) is 7.36. The lowest BCUT2D eigenvalue weighted by molar-refractivity contribution is -0.150. The molecule has 0 saturated carbocycles. The van der Waals surface area contributed by atoms with Crippen molar-refractivity contribution in [2.45, 2.75) is 58.2 Å². The van der Waals surface area contributed by atoms with Crippen LogP contribution >= 0.6 is 0 Å². The standard InChI is InChI=1S/C26H29NO4.C18H20O4/c1-2-30-25(26(29)27-24(18-28)22-11-7-4-8-12-22)17-20-13-15-23(16-14-20)31-19-21-9-5-3-6-10-21;1-2-21-17(18(19)20)12-14-8-10-16(11-9-14)22-13-15-6-4-3-5-7-15/h3-16,24-25,28H,2,17-19H2,1H3,(H,27,29);3-11,17H,2,12-13H2,1H3,(H,19,20)/t24-,25?;/m0./s1. The van der Waals surface area contributed by atoms with Crippen molar-refractivity contribution in [2.75, 3.05) is 19.8 Å². The average Bonchev–Trinajstić information content (AvgIpc) is 3.20. The zero-order valence-corrected chi connectivity index (χ0v) is 30.3. The third-order valence-corrected chi connectivity index (χ3v) is 8.19. The molecule has 5 aromatic rings. The number of nitrogens with one attached hydrogen (secondary N) is 1. The number of aliphatic hydroxyl groups is 1. The number of rotatable bonds is 19. The van der Waals surface area contributed by atoms with E-state index in [2.05, 4.69) is 5.32 Å². The number of carboxylic acid groups (broad SMARTS) is 1. The number of aliphatic carboxylic acids is 1. The lowest BCUT2D eigenvalue weighted by Gasteiger charge is -2.22. The van der Waals surface area contributed by atoms with E-state index in [9.17, 15) is 14.7 Å². The van der Waals surface area contributed by atoms with E-state index in [1.165, 1.54) is 0 Å². The molecule has 3 atom stereocenters. The van der Waals surface area contributed by atoms with Gasteiger partial charge in [0.1, 0.15) is 30.8 Å². The fraction of sp³-hybridized carbons (Fsp3) is 0.273. The fourth-order valence-corrected chi connectivity index (χ4v) is 5.39. The summed E-state index contributed by atoms with van der Waals surface area (Å²) in [7, 11) is 0. The Morgan fingerprint density at radius 3 is 1.40 bits per heavy atom. The van der Waals surface area contributed by atoms with E-state index in [0.717, 1.165) is 39.3 Å². The molecule has 0 aliphatic rings. The minimum atomic E-state index is -0.939. The topological polar surface area (TPSA) is 124 Å². The number of carbonyl (C=O) groups is 2. The molecule has 278 valence electrons. The first-order valence-corrected chi connectivity index (χ1v) is 17.8. The first-order chi connectivity index (χ1) is 25.9. The lowest BCUT2D eigenvalue weighted by Crippen LogP contribution is -2.41. The molecule has 0 aromatic heterocycles. The number of ether oxygens (including phenoxy) is 4. The van der Waals surface area contributed by atoms with Gasteiger partial charge in [0.2, 0.25) is 5.91 Å². The molecule has 0 aliphatic carbocycles. The molecule has 5 rings (SSSR count). The molecule has 0 spiro atoms. The summed E-state index contributed by atoms with van der Waals surface area (Å²) in [5.41, 5.74) is 4.95. The second-order valence-corrected chi connectivity index (χ2v) is 12.1. The van der Waals surface area contributed by atoms with Crippen LogP contribution in [0.25, 0.3) is 0 Å². The van der Waals surface area contributed by atoms with E-state index in [1.807, 2.05) is 146 Å². The molecule has 0 fully saturated rings. The van der Waals surface area contributed by atoms with Crippen molar-refractivity contribution < 1.29 is 38.7 Å². The van der Waals surface area contributed by atoms with Crippen LogP contribution in [0.2, 0.25) is 0 Å². The van der Waals surface area contributed by atoms with Gasteiger partial charge in [-0.25, -0.2) is 4.79 Å². The van der Waals surface area contributed by atoms with Gasteiger partial charge in [0.05, 0.1) is 12.6 Å². The Labute approximate surface area is 312 Å². The summed E-state index contributed by atoms with van der Waals surface area (Å²) in [6, 6.07) is 44.0. The highest BCUT2D eigenvalue weighted by atomic mass is 16.5. The van der Waals surface area contributed by atoms with E-state index in [1.54, 1.807) is 6.92 Å². The van der Waals surface area contributed by atoms with Gasteiger partial charge in [-0.1, -0.05) is 115 Å². The summed E-state index contributed by atoms with van der Waals surface area (Å²) in [6.45, 7) is 5.30. The van der Waals surface area contributed by atoms with Crippen molar-refractivity contribution in [1.29, 1.82) is 0 Å². The normalized spacial score (nSPS) is 12.4. The molecule has 0 bridgehead atoms. The Hall–Kier alpha value is -5.48. The molecule has 2 unspecified atom stereocenters. The van der Waals surface area contributed by atoms with Gasteiger partial charge < -0.3 is 34.5 Å². The molecular formula is C44H49NO8. The molecule has 0 aliphatic heterocycles. The van der Waals surface area contributed by atoms with Crippen LogP contribution in [0.15, 0.2) is 140 Å². The number of amides is 1. The second-order valence-electron chi connectivity index (χ2n) is 12.1. The third kappa shape index (κ3) is 14.2. The Morgan fingerprint density at radius 2 is 0.981 bits per heavy atom. The summed E-state index contributed by atoms with van der Waals surface area (Å²) in [6.07, 6.45) is -0.659. The van der Waals surface area contributed by atoms with Crippen LogP contribution in [0.5, 0.6) is 11.5 Å². The van der Waals surface area contributed by atoms with Crippen molar-refractivity contribution in [1.82, 2.24) is 5.32 Å². The first-order valence-electron chi connectivity index (χ1n) is 17.8. The summed E-state index contributed by atoms with van der Waals surface area (Å²) in [5.74, 6) is 0.353. The van der Waals surface area contributed by atoms with Crippen molar-refractivity contribution in [2.24, 2.45) is 0 Å². The Balaban J connectivity index is 0.000000251. The average molecular weight is 720 g/mol. The van der Waals surface area contributed by atoms with Gasteiger partial charge in [0.15, 0.2) is 6.10 Å². The maximum Gasteiger partial charge on any atom is 0.333 e. The smallest absolute Gasteiger partial charge is 0.333 e. The number of hydrogen-bond acceptors (Lipinski definition) is 7. The van der Waals surface area contributed by atoms with Crippen molar-refractivity contribution >= 4 is 11.9 Å². The predicted molar refractivity (Wildman–Crippen MR) is 205 cm³/mol. The minimum absolute atomic E-state index is 0.179. The molecule has 0 saturated heterocycles. The number of aliphatic hydroxyl groups excluding tert-OH is 1. The van der Waals surface area contributed by atoms with Crippen LogP contribution in [-0.4, -0.2) is 54.1 Å². The summed E-state index contributed by atoms with van der Waals surface area (Å²) < 4.78 is 22.4. The van der Waals surface area contributed by atoms with Crippen molar-refractivity contribution in [3.8, 4) is 11.5 Å². The Morgan fingerprint density at radius 1 is 0.566 bits per heavy atom. The monoisotopic (exact) mass is 719 g/mol. The SMILES string of the molecule is CCOC(Cc1ccc(OCc2ccccc2)cc1)C(=O)N[C@@H](CO)c1ccccc1.CCOC(Cc1ccc(OCc2ccccc2)cc1)C(=O)O. The molecule has 1 amide bonds. The van der Waals surface area contributed by atoms with Crippen LogP contribution in [0, 0.1) is 0 Å². The number of benzene rings is 5. The highest BCUT2D eigenvalue weighted by molar-refractivity contribution is 5.81. The van der Waals surface area contributed by atoms with E-state index in [-0.39, 0.29) is 12.5 Å². The van der Waals surface area contributed by atoms with Crippen LogP contribution in [0.4, 0.5) is 0 Å². The highest BCUT2D eigenvalue weighted by Crippen LogP contribution is 2.19. The molecule has 0 radical (unpaired) electrons. The lowest BCUT2D eigenvalue weighted by atomic mass is 10.0. The van der Waals surface area contributed by atoms with E-state index in [0.29, 0.717) is 39.3 Å². The zero-order valence-electron chi connectivity index (χ0n) is 30.3. The summed E-state index contributed by atoms with van der Waals surface area (Å²) in [4.78, 5) is 23.9.